The summed E-state index contributed by atoms with van der Waals surface area (Å²) in [6, 6.07) is 11.7. The Morgan fingerprint density at radius 1 is 1.17 bits per heavy atom. The Morgan fingerprint density at radius 2 is 1.94 bits per heavy atom. The van der Waals surface area contributed by atoms with Gasteiger partial charge in [0, 0.05) is 37.9 Å². The molecular weight excluding hydrogens is 484 g/mol. The van der Waals surface area contributed by atoms with E-state index in [0.717, 1.165) is 5.56 Å². The molecule has 9 nitrogen and oxygen atoms in total. The first-order valence-corrected chi connectivity index (χ1v) is 12.5. The first-order chi connectivity index (χ1) is 17.3. The number of aliphatic hydroxyl groups excluding tert-OH is 1. The molecule has 0 radical (unpaired) electrons. The Labute approximate surface area is 215 Å². The van der Waals surface area contributed by atoms with Gasteiger partial charge in [-0.3, -0.25) is 9.59 Å². The zero-order chi connectivity index (χ0) is 25.8. The maximum absolute atomic E-state index is 13.6. The molecule has 0 unspecified atom stereocenters. The van der Waals surface area contributed by atoms with Crippen LogP contribution in [0.5, 0.6) is 5.75 Å². The van der Waals surface area contributed by atoms with Gasteiger partial charge in [0.1, 0.15) is 5.75 Å². The number of aliphatic hydroxyl groups is 1. The summed E-state index contributed by atoms with van der Waals surface area (Å²) in [6.45, 7) is 5.37. The van der Waals surface area contributed by atoms with Crippen molar-refractivity contribution in [2.24, 2.45) is 0 Å². The lowest BCUT2D eigenvalue weighted by Crippen LogP contribution is -2.50. The van der Waals surface area contributed by atoms with Crippen LogP contribution in [0, 0.1) is 0 Å². The van der Waals surface area contributed by atoms with E-state index in [9.17, 15) is 19.5 Å². The molecule has 10 heteroatoms. The second-order valence-electron chi connectivity index (χ2n) is 9.04. The van der Waals surface area contributed by atoms with E-state index < -0.39 is 12.1 Å². The third-order valence-corrected chi connectivity index (χ3v) is 6.81. The van der Waals surface area contributed by atoms with Gasteiger partial charge in [0.05, 0.1) is 29.8 Å². The van der Waals surface area contributed by atoms with E-state index in [0.29, 0.717) is 41.6 Å². The van der Waals surface area contributed by atoms with Crippen LogP contribution < -0.4 is 15.0 Å². The topological polar surface area (TPSA) is 102 Å². The lowest BCUT2D eigenvalue weighted by Gasteiger charge is -2.29. The molecule has 0 aliphatic carbocycles. The normalized spacial score (nSPS) is 19.5. The van der Waals surface area contributed by atoms with E-state index in [1.165, 1.54) is 0 Å². The predicted molar refractivity (Wildman–Crippen MR) is 136 cm³/mol. The molecule has 2 aromatic carbocycles. The number of urea groups is 1. The molecule has 2 atom stereocenters. The largest absolute Gasteiger partial charge is 0.494 e. The number of β-amino-alcohol motifs (C(OH)–C–C–N with tert-alkyl or cyclic N) is 1. The molecule has 4 amide bonds. The first-order valence-electron chi connectivity index (χ1n) is 12.1. The predicted octanol–water partition coefficient (Wildman–Crippen LogP) is 2.89. The van der Waals surface area contributed by atoms with Gasteiger partial charge in [0.15, 0.2) is 0 Å². The van der Waals surface area contributed by atoms with Gasteiger partial charge >= 0.3 is 6.03 Å². The summed E-state index contributed by atoms with van der Waals surface area (Å²) in [7, 11) is 0. The van der Waals surface area contributed by atoms with Gasteiger partial charge in [-0.2, -0.15) is 0 Å². The summed E-state index contributed by atoms with van der Waals surface area (Å²) in [5.74, 6) is 0.0848. The Morgan fingerprint density at radius 3 is 2.64 bits per heavy atom. The molecule has 4 rings (SSSR count). The van der Waals surface area contributed by atoms with Crippen molar-refractivity contribution in [2.75, 3.05) is 37.7 Å². The van der Waals surface area contributed by atoms with Gasteiger partial charge in [-0.1, -0.05) is 29.8 Å². The number of para-hydroxylation sites is 1. The summed E-state index contributed by atoms with van der Waals surface area (Å²) in [6.07, 6.45) is 0.0289. The van der Waals surface area contributed by atoms with Crippen molar-refractivity contribution < 1.29 is 24.2 Å². The second kappa shape index (κ2) is 11.2. The number of nitrogens with zero attached hydrogens (tertiary/aromatic N) is 3. The molecule has 0 bridgehead atoms. The van der Waals surface area contributed by atoms with Crippen LogP contribution in [0.2, 0.25) is 5.02 Å². The average Bonchev–Trinajstić information content (AvgIpc) is 3.24. The van der Waals surface area contributed by atoms with Crippen LogP contribution in [0.3, 0.4) is 0 Å². The molecule has 36 heavy (non-hydrogen) atoms. The SMILES string of the molecule is CCOc1ccc(C(=O)N2C[C@@H](C)N(C(=O)NCC(=O)N3CC[C@@H](O)C3)Cc3ccccc32)c(Cl)c1. The number of ether oxygens (including phenoxy) is 1. The summed E-state index contributed by atoms with van der Waals surface area (Å²) in [4.78, 5) is 44.0. The van der Waals surface area contributed by atoms with E-state index in [2.05, 4.69) is 5.32 Å². The highest BCUT2D eigenvalue weighted by Gasteiger charge is 2.33. The molecule has 192 valence electrons. The summed E-state index contributed by atoms with van der Waals surface area (Å²) < 4.78 is 5.48. The Balaban J connectivity index is 1.51. The standard InChI is InChI=1S/C26H31ClN4O5/c1-3-36-20-8-9-21(22(27)12-20)25(34)31-14-17(2)30(15-18-6-4-5-7-23(18)31)26(35)28-13-24(33)29-11-10-19(32)16-29/h4-9,12,17,19,32H,3,10-11,13-16H2,1-2H3,(H,28,35)/t17-,19-/m1/s1. The monoisotopic (exact) mass is 514 g/mol. The van der Waals surface area contributed by atoms with E-state index >= 15 is 0 Å². The minimum absolute atomic E-state index is 0.152. The van der Waals surface area contributed by atoms with Gasteiger partial charge in [-0.25, -0.2) is 4.79 Å². The molecule has 2 heterocycles. The fourth-order valence-electron chi connectivity index (χ4n) is 4.58. The zero-order valence-corrected chi connectivity index (χ0v) is 21.2. The number of carbonyl (C=O) groups is 3. The molecule has 0 aromatic heterocycles. The number of halogens is 1. The highest BCUT2D eigenvalue weighted by molar-refractivity contribution is 6.34. The smallest absolute Gasteiger partial charge is 0.318 e. The molecule has 2 N–H and O–H groups in total. The van der Waals surface area contributed by atoms with Crippen LogP contribution in [-0.2, 0) is 11.3 Å². The van der Waals surface area contributed by atoms with Crippen molar-refractivity contribution in [1.82, 2.24) is 15.1 Å². The van der Waals surface area contributed by atoms with Crippen LogP contribution in [0.25, 0.3) is 0 Å². The molecule has 1 saturated heterocycles. The van der Waals surface area contributed by atoms with Gasteiger partial charge in [0.2, 0.25) is 5.91 Å². The number of fused-ring (bicyclic) bond motifs is 1. The fraction of sp³-hybridized carbons (Fsp3) is 0.423. The minimum Gasteiger partial charge on any atom is -0.494 e. The molecule has 0 saturated carbocycles. The Kier molecular flexibility index (Phi) is 8.01. The van der Waals surface area contributed by atoms with E-state index in [1.807, 2.05) is 38.1 Å². The number of rotatable bonds is 5. The van der Waals surface area contributed by atoms with E-state index in [4.69, 9.17) is 16.3 Å². The van der Waals surface area contributed by atoms with Crippen molar-refractivity contribution in [3.8, 4) is 5.75 Å². The van der Waals surface area contributed by atoms with Gasteiger partial charge in [-0.15, -0.1) is 0 Å². The Bertz CT molecular complexity index is 1140. The van der Waals surface area contributed by atoms with Crippen molar-refractivity contribution >= 4 is 35.1 Å². The van der Waals surface area contributed by atoms with Gasteiger partial charge in [0.25, 0.3) is 5.91 Å². The maximum Gasteiger partial charge on any atom is 0.318 e. The van der Waals surface area contributed by atoms with Crippen molar-refractivity contribution in [3.05, 3.63) is 58.6 Å². The number of amides is 4. The summed E-state index contributed by atoms with van der Waals surface area (Å²) in [5.41, 5.74) is 1.86. The van der Waals surface area contributed by atoms with E-state index in [-0.39, 0.29) is 44.0 Å². The molecule has 2 aliphatic heterocycles. The molecular formula is C26H31ClN4O5. The van der Waals surface area contributed by atoms with Crippen molar-refractivity contribution in [1.29, 1.82) is 0 Å². The maximum atomic E-state index is 13.6. The first kappa shape index (κ1) is 25.8. The molecule has 0 spiro atoms. The highest BCUT2D eigenvalue weighted by atomic mass is 35.5. The lowest BCUT2D eigenvalue weighted by molar-refractivity contribution is -0.129. The summed E-state index contributed by atoms with van der Waals surface area (Å²) in [5, 5.41) is 12.7. The number of benzene rings is 2. The third kappa shape index (κ3) is 5.57. The molecule has 2 aromatic rings. The Hall–Kier alpha value is -3.30. The molecule has 2 aliphatic rings. The number of hydrogen-bond donors (Lipinski definition) is 2. The number of hydrogen-bond acceptors (Lipinski definition) is 5. The fourth-order valence-corrected chi connectivity index (χ4v) is 4.83. The number of likely N-dealkylation sites (tertiary alicyclic amines) is 1. The van der Waals surface area contributed by atoms with Gasteiger partial charge < -0.3 is 29.9 Å². The highest BCUT2D eigenvalue weighted by Crippen LogP contribution is 2.31. The van der Waals surface area contributed by atoms with Crippen LogP contribution in [0.1, 0.15) is 36.2 Å². The van der Waals surface area contributed by atoms with Crippen LogP contribution in [0.15, 0.2) is 42.5 Å². The number of carbonyl (C=O) groups excluding carboxylic acids is 3. The number of anilines is 1. The second-order valence-corrected chi connectivity index (χ2v) is 9.44. The average molecular weight is 515 g/mol. The quantitative estimate of drug-likeness (QED) is 0.638. The van der Waals surface area contributed by atoms with Crippen LogP contribution in [-0.4, -0.2) is 77.7 Å². The van der Waals surface area contributed by atoms with Crippen LogP contribution in [0.4, 0.5) is 10.5 Å². The zero-order valence-electron chi connectivity index (χ0n) is 20.4. The van der Waals surface area contributed by atoms with Crippen molar-refractivity contribution in [2.45, 2.75) is 39.0 Å². The third-order valence-electron chi connectivity index (χ3n) is 6.50. The van der Waals surface area contributed by atoms with E-state index in [1.54, 1.807) is 32.9 Å². The van der Waals surface area contributed by atoms with Gasteiger partial charge in [-0.05, 0) is 50.1 Å². The number of nitrogens with one attached hydrogen (secondary N) is 1. The molecule has 1 fully saturated rings. The lowest BCUT2D eigenvalue weighted by atomic mass is 10.1. The van der Waals surface area contributed by atoms with Crippen molar-refractivity contribution in [3.63, 3.8) is 0 Å². The van der Waals surface area contributed by atoms with Crippen LogP contribution >= 0.6 is 11.6 Å². The summed E-state index contributed by atoms with van der Waals surface area (Å²) >= 11 is 6.44. The minimum atomic E-state index is -0.515.